The zero-order valence-corrected chi connectivity index (χ0v) is 8.84. The zero-order chi connectivity index (χ0) is 10.4. The van der Waals surface area contributed by atoms with Crippen LogP contribution in [0.4, 0.5) is 0 Å². The van der Waals surface area contributed by atoms with Gasteiger partial charge in [0.25, 0.3) is 0 Å². The Morgan fingerprint density at radius 2 is 2.21 bits per heavy atom. The molecule has 1 aromatic heterocycles. The molecule has 1 N–H and O–H groups in total. The van der Waals surface area contributed by atoms with Crippen molar-refractivity contribution >= 4 is 15.9 Å². The SMILES string of the molecule is N#Cc1nc(COCCBr)[nH]c1C#N. The number of aromatic nitrogens is 2. The number of hydrogen-bond donors (Lipinski definition) is 1. The monoisotopic (exact) mass is 254 g/mol. The molecule has 0 fully saturated rings. The van der Waals surface area contributed by atoms with Crippen LogP contribution >= 0.6 is 15.9 Å². The maximum absolute atomic E-state index is 8.61. The van der Waals surface area contributed by atoms with Crippen LogP contribution in [0.3, 0.4) is 0 Å². The van der Waals surface area contributed by atoms with Gasteiger partial charge in [0, 0.05) is 5.33 Å². The highest BCUT2D eigenvalue weighted by atomic mass is 79.9. The standard InChI is InChI=1S/C8H7BrN4O/c9-1-2-14-5-8-12-6(3-10)7(4-11)13-8/h1-2,5H2,(H,12,13). The fourth-order valence-corrected chi connectivity index (χ4v) is 1.10. The second kappa shape index (κ2) is 5.38. The van der Waals surface area contributed by atoms with Gasteiger partial charge in [0.05, 0.1) is 6.61 Å². The Morgan fingerprint density at radius 3 is 2.71 bits per heavy atom. The average Bonchev–Trinajstić information content (AvgIpc) is 2.61. The Hall–Kier alpha value is -1.37. The van der Waals surface area contributed by atoms with Crippen molar-refractivity contribution in [2.45, 2.75) is 6.61 Å². The first-order valence-electron chi connectivity index (χ1n) is 3.84. The lowest BCUT2D eigenvalue weighted by Gasteiger charge is -1.96. The maximum atomic E-state index is 8.61. The molecule has 0 bridgehead atoms. The van der Waals surface area contributed by atoms with Gasteiger partial charge in [-0.3, -0.25) is 0 Å². The number of ether oxygens (including phenoxy) is 1. The molecule has 0 aliphatic rings. The number of nitrogens with zero attached hydrogens (tertiary/aromatic N) is 3. The molecule has 0 aliphatic carbocycles. The summed E-state index contributed by atoms with van der Waals surface area (Å²) in [5.74, 6) is 0.499. The molecule has 0 saturated heterocycles. The number of halogens is 1. The number of rotatable bonds is 4. The van der Waals surface area contributed by atoms with Crippen LogP contribution in [-0.4, -0.2) is 21.9 Å². The second-order valence-corrected chi connectivity index (χ2v) is 3.17. The van der Waals surface area contributed by atoms with E-state index >= 15 is 0 Å². The van der Waals surface area contributed by atoms with E-state index in [1.54, 1.807) is 0 Å². The Labute approximate surface area is 89.5 Å². The summed E-state index contributed by atoms with van der Waals surface area (Å²) in [6, 6.07) is 3.68. The number of alkyl halides is 1. The summed E-state index contributed by atoms with van der Waals surface area (Å²) in [5, 5.41) is 18.0. The highest BCUT2D eigenvalue weighted by Crippen LogP contribution is 2.04. The zero-order valence-electron chi connectivity index (χ0n) is 7.25. The van der Waals surface area contributed by atoms with Crippen LogP contribution in [0.5, 0.6) is 0 Å². The fraction of sp³-hybridized carbons (Fsp3) is 0.375. The van der Waals surface area contributed by atoms with Crippen LogP contribution in [0.2, 0.25) is 0 Å². The van der Waals surface area contributed by atoms with Gasteiger partial charge < -0.3 is 9.72 Å². The van der Waals surface area contributed by atoms with E-state index in [2.05, 4.69) is 25.9 Å². The molecule has 1 aromatic rings. The van der Waals surface area contributed by atoms with Gasteiger partial charge in [-0.25, -0.2) is 4.98 Å². The van der Waals surface area contributed by atoms with Crippen LogP contribution in [0.15, 0.2) is 0 Å². The minimum absolute atomic E-state index is 0.116. The summed E-state index contributed by atoms with van der Waals surface area (Å²) in [7, 11) is 0. The number of nitriles is 2. The third-order valence-corrected chi connectivity index (χ3v) is 1.75. The van der Waals surface area contributed by atoms with Crippen molar-refractivity contribution in [1.29, 1.82) is 10.5 Å². The van der Waals surface area contributed by atoms with E-state index in [1.165, 1.54) is 0 Å². The molecule has 0 unspecified atom stereocenters. The largest absolute Gasteiger partial charge is 0.373 e. The van der Waals surface area contributed by atoms with Crippen molar-refractivity contribution in [1.82, 2.24) is 9.97 Å². The van der Waals surface area contributed by atoms with E-state index < -0.39 is 0 Å². The molecule has 5 nitrogen and oxygen atoms in total. The van der Waals surface area contributed by atoms with Crippen molar-refractivity contribution in [3.05, 3.63) is 17.2 Å². The van der Waals surface area contributed by atoms with Gasteiger partial charge in [0.1, 0.15) is 24.6 Å². The molecule has 0 radical (unpaired) electrons. The van der Waals surface area contributed by atoms with Crippen LogP contribution in [0.25, 0.3) is 0 Å². The lowest BCUT2D eigenvalue weighted by molar-refractivity contribution is 0.132. The summed E-state index contributed by atoms with van der Waals surface area (Å²) in [6.45, 7) is 0.840. The number of nitrogens with one attached hydrogen (secondary N) is 1. The Morgan fingerprint density at radius 1 is 1.43 bits per heavy atom. The van der Waals surface area contributed by atoms with Crippen LogP contribution in [-0.2, 0) is 11.3 Å². The quantitative estimate of drug-likeness (QED) is 0.643. The van der Waals surface area contributed by atoms with Crippen molar-refractivity contribution in [2.24, 2.45) is 0 Å². The molecule has 14 heavy (non-hydrogen) atoms. The third-order valence-electron chi connectivity index (χ3n) is 1.43. The van der Waals surface area contributed by atoms with Gasteiger partial charge in [-0.05, 0) is 0 Å². The van der Waals surface area contributed by atoms with Crippen LogP contribution in [0, 0.1) is 22.7 Å². The van der Waals surface area contributed by atoms with E-state index in [0.717, 1.165) is 5.33 Å². The first kappa shape index (κ1) is 10.7. The summed E-state index contributed by atoms with van der Waals surface area (Å²) < 4.78 is 5.17. The smallest absolute Gasteiger partial charge is 0.176 e. The predicted octanol–water partition coefficient (Wildman–Crippen LogP) is 1.06. The summed E-state index contributed by atoms with van der Waals surface area (Å²) in [4.78, 5) is 6.60. The molecule has 0 saturated carbocycles. The molecule has 0 amide bonds. The van der Waals surface area contributed by atoms with Gasteiger partial charge in [-0.1, -0.05) is 15.9 Å². The van der Waals surface area contributed by atoms with E-state index in [-0.39, 0.29) is 18.0 Å². The normalized spacial score (nSPS) is 9.36. The van der Waals surface area contributed by atoms with Gasteiger partial charge in [0.15, 0.2) is 11.4 Å². The number of aromatic amines is 1. The van der Waals surface area contributed by atoms with Crippen molar-refractivity contribution in [2.75, 3.05) is 11.9 Å². The van der Waals surface area contributed by atoms with Gasteiger partial charge >= 0.3 is 0 Å². The number of hydrogen-bond acceptors (Lipinski definition) is 4. The topological polar surface area (TPSA) is 85.5 Å². The predicted molar refractivity (Wildman–Crippen MR) is 51.5 cm³/mol. The third kappa shape index (κ3) is 2.56. The Balaban J connectivity index is 2.67. The highest BCUT2D eigenvalue weighted by Gasteiger charge is 2.08. The lowest BCUT2D eigenvalue weighted by atomic mass is 10.4. The van der Waals surface area contributed by atoms with Crippen LogP contribution < -0.4 is 0 Å². The lowest BCUT2D eigenvalue weighted by Crippen LogP contribution is -1.97. The van der Waals surface area contributed by atoms with Crippen molar-refractivity contribution in [3.8, 4) is 12.1 Å². The van der Waals surface area contributed by atoms with Crippen LogP contribution in [0.1, 0.15) is 17.2 Å². The minimum atomic E-state index is 0.116. The average molecular weight is 255 g/mol. The van der Waals surface area contributed by atoms with Gasteiger partial charge in [-0.2, -0.15) is 10.5 Å². The van der Waals surface area contributed by atoms with E-state index in [9.17, 15) is 0 Å². The first-order chi connectivity index (χ1) is 6.81. The van der Waals surface area contributed by atoms with Gasteiger partial charge in [0.2, 0.25) is 0 Å². The molecule has 0 spiro atoms. The molecule has 0 aliphatic heterocycles. The molecule has 1 rings (SSSR count). The van der Waals surface area contributed by atoms with E-state index in [4.69, 9.17) is 15.3 Å². The Kier molecular flexibility index (Phi) is 4.11. The summed E-state index contributed by atoms with van der Waals surface area (Å²) in [6.07, 6.45) is 0. The number of imidazole rings is 1. The number of H-pyrrole nitrogens is 1. The second-order valence-electron chi connectivity index (χ2n) is 2.37. The summed E-state index contributed by atoms with van der Waals surface area (Å²) >= 11 is 3.21. The van der Waals surface area contributed by atoms with E-state index in [1.807, 2.05) is 12.1 Å². The first-order valence-corrected chi connectivity index (χ1v) is 4.96. The minimum Gasteiger partial charge on any atom is -0.373 e. The molecular weight excluding hydrogens is 248 g/mol. The highest BCUT2D eigenvalue weighted by molar-refractivity contribution is 9.09. The Bertz CT molecular complexity index is 356. The molecule has 1 heterocycles. The van der Waals surface area contributed by atoms with Crippen molar-refractivity contribution < 1.29 is 4.74 Å². The fourth-order valence-electron chi connectivity index (χ4n) is 0.876. The molecule has 0 atom stereocenters. The van der Waals surface area contributed by atoms with Gasteiger partial charge in [-0.15, -0.1) is 0 Å². The molecule has 6 heteroatoms. The van der Waals surface area contributed by atoms with E-state index in [0.29, 0.717) is 12.4 Å². The molecule has 0 aromatic carbocycles. The molecule has 72 valence electrons. The summed E-state index contributed by atoms with van der Waals surface area (Å²) in [5.41, 5.74) is 0.301. The maximum Gasteiger partial charge on any atom is 0.176 e. The molecular formula is C8H7BrN4O. The van der Waals surface area contributed by atoms with Crippen molar-refractivity contribution in [3.63, 3.8) is 0 Å².